The normalized spacial score (nSPS) is 20.3. The molecule has 0 fully saturated rings. The van der Waals surface area contributed by atoms with Crippen molar-refractivity contribution in [3.8, 4) is 0 Å². The standard InChI is InChI=1S/C17H16N2/c18-11-13-10-16(12-6-2-1-3-7-12)14-8-4-5-9-15(14)17(13)19/h1-9,11,16,19H,10,18H2. The van der Waals surface area contributed by atoms with Gasteiger partial charge in [0.2, 0.25) is 0 Å². The fourth-order valence-corrected chi connectivity index (χ4v) is 2.77. The van der Waals surface area contributed by atoms with Gasteiger partial charge in [0.1, 0.15) is 0 Å². The molecule has 3 rings (SSSR count). The van der Waals surface area contributed by atoms with Gasteiger partial charge in [-0.25, -0.2) is 0 Å². The highest BCUT2D eigenvalue weighted by molar-refractivity contribution is 6.12. The van der Waals surface area contributed by atoms with Crippen molar-refractivity contribution in [3.05, 3.63) is 83.1 Å². The average molecular weight is 248 g/mol. The first-order valence-electron chi connectivity index (χ1n) is 6.45. The molecule has 0 bridgehead atoms. The van der Waals surface area contributed by atoms with E-state index in [2.05, 4.69) is 30.3 Å². The second kappa shape index (κ2) is 4.73. The summed E-state index contributed by atoms with van der Waals surface area (Å²) < 4.78 is 0. The average Bonchev–Trinajstić information content (AvgIpc) is 2.49. The summed E-state index contributed by atoms with van der Waals surface area (Å²) in [5.74, 6) is 0.293. The molecule has 1 atom stereocenters. The summed E-state index contributed by atoms with van der Waals surface area (Å²) in [5.41, 5.74) is 10.7. The van der Waals surface area contributed by atoms with Gasteiger partial charge < -0.3 is 5.73 Å². The molecule has 2 nitrogen and oxygen atoms in total. The van der Waals surface area contributed by atoms with Crippen LogP contribution in [-0.2, 0) is 0 Å². The Morgan fingerprint density at radius 2 is 1.68 bits per heavy atom. The fourth-order valence-electron chi connectivity index (χ4n) is 2.77. The lowest BCUT2D eigenvalue weighted by Crippen LogP contribution is -2.20. The zero-order valence-electron chi connectivity index (χ0n) is 10.6. The van der Waals surface area contributed by atoms with Gasteiger partial charge >= 0.3 is 0 Å². The van der Waals surface area contributed by atoms with Crippen molar-refractivity contribution in [2.45, 2.75) is 12.3 Å². The van der Waals surface area contributed by atoms with E-state index in [0.29, 0.717) is 11.6 Å². The van der Waals surface area contributed by atoms with Crippen LogP contribution >= 0.6 is 0 Å². The van der Waals surface area contributed by atoms with Gasteiger partial charge in [-0.1, -0.05) is 54.6 Å². The molecular formula is C17H16N2. The second-order valence-electron chi connectivity index (χ2n) is 4.82. The zero-order valence-corrected chi connectivity index (χ0v) is 10.6. The van der Waals surface area contributed by atoms with Crippen molar-refractivity contribution in [2.24, 2.45) is 5.73 Å². The molecule has 0 radical (unpaired) electrons. The molecule has 1 unspecified atom stereocenters. The van der Waals surface area contributed by atoms with Crippen molar-refractivity contribution in [1.82, 2.24) is 0 Å². The zero-order chi connectivity index (χ0) is 13.2. The van der Waals surface area contributed by atoms with Crippen LogP contribution in [0, 0.1) is 5.41 Å². The first-order chi connectivity index (χ1) is 9.31. The number of hydrogen-bond acceptors (Lipinski definition) is 2. The van der Waals surface area contributed by atoms with E-state index in [9.17, 15) is 0 Å². The van der Waals surface area contributed by atoms with Crippen molar-refractivity contribution < 1.29 is 0 Å². The predicted octanol–water partition coefficient (Wildman–Crippen LogP) is 3.43. The highest BCUT2D eigenvalue weighted by Crippen LogP contribution is 2.38. The summed E-state index contributed by atoms with van der Waals surface area (Å²) in [6.45, 7) is 0. The maximum absolute atomic E-state index is 8.23. The summed E-state index contributed by atoms with van der Waals surface area (Å²) in [4.78, 5) is 0. The number of allylic oxidation sites excluding steroid dienone is 1. The van der Waals surface area contributed by atoms with E-state index in [1.54, 1.807) is 6.20 Å². The summed E-state index contributed by atoms with van der Waals surface area (Å²) in [7, 11) is 0. The second-order valence-corrected chi connectivity index (χ2v) is 4.82. The number of fused-ring (bicyclic) bond motifs is 1. The topological polar surface area (TPSA) is 49.9 Å². The number of hydrogen-bond donors (Lipinski definition) is 2. The molecule has 2 aromatic carbocycles. The lowest BCUT2D eigenvalue weighted by atomic mass is 9.76. The van der Waals surface area contributed by atoms with Crippen LogP contribution < -0.4 is 5.73 Å². The fraction of sp³-hybridized carbons (Fsp3) is 0.118. The Morgan fingerprint density at radius 1 is 1.00 bits per heavy atom. The van der Waals surface area contributed by atoms with Gasteiger partial charge in [0.25, 0.3) is 0 Å². The third-order valence-corrected chi connectivity index (χ3v) is 3.75. The molecule has 0 saturated carbocycles. The monoisotopic (exact) mass is 248 g/mol. The minimum Gasteiger partial charge on any atom is -0.404 e. The van der Waals surface area contributed by atoms with Crippen LogP contribution in [0.25, 0.3) is 0 Å². The molecule has 0 heterocycles. The van der Waals surface area contributed by atoms with Gasteiger partial charge in [-0.2, -0.15) is 0 Å². The SMILES string of the molecule is N=C1C(=CN)CC(c2ccccc2)c2ccccc21. The molecule has 94 valence electrons. The molecule has 2 aromatic rings. The maximum atomic E-state index is 8.23. The van der Waals surface area contributed by atoms with Crippen LogP contribution in [-0.4, -0.2) is 5.71 Å². The minimum atomic E-state index is 0.293. The Labute approximate surface area is 113 Å². The highest BCUT2D eigenvalue weighted by atomic mass is 14.5. The maximum Gasteiger partial charge on any atom is 0.0661 e. The van der Waals surface area contributed by atoms with Crippen molar-refractivity contribution in [2.75, 3.05) is 0 Å². The van der Waals surface area contributed by atoms with Gasteiger partial charge in [-0.15, -0.1) is 0 Å². The molecule has 0 spiro atoms. The van der Waals surface area contributed by atoms with Crippen molar-refractivity contribution in [3.63, 3.8) is 0 Å². The van der Waals surface area contributed by atoms with Crippen LogP contribution in [0.1, 0.15) is 29.0 Å². The van der Waals surface area contributed by atoms with Crippen LogP contribution in [0.15, 0.2) is 66.4 Å². The Morgan fingerprint density at radius 3 is 2.42 bits per heavy atom. The molecule has 0 amide bonds. The molecule has 0 aliphatic heterocycles. The molecule has 1 aliphatic rings. The van der Waals surface area contributed by atoms with Crippen LogP contribution in [0.3, 0.4) is 0 Å². The molecule has 2 heteroatoms. The molecule has 0 saturated heterocycles. The Balaban J connectivity index is 2.16. The summed E-state index contributed by atoms with van der Waals surface area (Å²) in [6.07, 6.45) is 2.38. The Kier molecular flexibility index (Phi) is 2.92. The highest BCUT2D eigenvalue weighted by Gasteiger charge is 2.27. The van der Waals surface area contributed by atoms with E-state index in [0.717, 1.165) is 17.6 Å². The van der Waals surface area contributed by atoms with Crippen molar-refractivity contribution >= 4 is 5.71 Å². The Bertz CT molecular complexity index is 641. The lowest BCUT2D eigenvalue weighted by molar-refractivity contribution is 0.795. The molecule has 19 heavy (non-hydrogen) atoms. The van der Waals surface area contributed by atoms with E-state index in [1.807, 2.05) is 24.3 Å². The van der Waals surface area contributed by atoms with E-state index < -0.39 is 0 Å². The molecule has 3 N–H and O–H groups in total. The van der Waals surface area contributed by atoms with Gasteiger partial charge in [0, 0.05) is 11.5 Å². The summed E-state index contributed by atoms with van der Waals surface area (Å²) in [6, 6.07) is 18.6. The van der Waals surface area contributed by atoms with Crippen LogP contribution in [0.4, 0.5) is 0 Å². The first-order valence-corrected chi connectivity index (χ1v) is 6.45. The third kappa shape index (κ3) is 1.95. The molecule has 1 aliphatic carbocycles. The van der Waals surface area contributed by atoms with E-state index in [-0.39, 0.29) is 0 Å². The summed E-state index contributed by atoms with van der Waals surface area (Å²) in [5, 5.41) is 8.23. The van der Waals surface area contributed by atoms with E-state index in [4.69, 9.17) is 11.1 Å². The third-order valence-electron chi connectivity index (χ3n) is 3.75. The van der Waals surface area contributed by atoms with Gasteiger partial charge in [-0.3, -0.25) is 5.41 Å². The lowest BCUT2D eigenvalue weighted by Gasteiger charge is -2.28. The summed E-state index contributed by atoms with van der Waals surface area (Å²) >= 11 is 0. The number of benzene rings is 2. The molecular weight excluding hydrogens is 232 g/mol. The Hall–Kier alpha value is -2.35. The predicted molar refractivity (Wildman–Crippen MR) is 78.4 cm³/mol. The number of nitrogens with one attached hydrogen (secondary N) is 1. The van der Waals surface area contributed by atoms with Gasteiger partial charge in [0.15, 0.2) is 0 Å². The van der Waals surface area contributed by atoms with Gasteiger partial charge in [-0.05, 0) is 29.3 Å². The van der Waals surface area contributed by atoms with E-state index >= 15 is 0 Å². The van der Waals surface area contributed by atoms with Crippen LogP contribution in [0.2, 0.25) is 0 Å². The van der Waals surface area contributed by atoms with Crippen molar-refractivity contribution in [1.29, 1.82) is 5.41 Å². The van der Waals surface area contributed by atoms with Crippen LogP contribution in [0.5, 0.6) is 0 Å². The smallest absolute Gasteiger partial charge is 0.0661 e. The number of rotatable bonds is 1. The first kappa shape index (κ1) is 11.7. The quantitative estimate of drug-likeness (QED) is 0.798. The van der Waals surface area contributed by atoms with E-state index in [1.165, 1.54) is 11.1 Å². The largest absolute Gasteiger partial charge is 0.404 e. The molecule has 0 aromatic heterocycles. The van der Waals surface area contributed by atoms with Gasteiger partial charge in [0.05, 0.1) is 5.71 Å². The number of nitrogens with two attached hydrogens (primary N) is 1. The minimum absolute atomic E-state index is 0.293.